The molecular formula is C16H26F2N4. The van der Waals surface area contributed by atoms with Gasteiger partial charge in [0, 0.05) is 18.2 Å². The van der Waals surface area contributed by atoms with Crippen molar-refractivity contribution in [1.29, 1.82) is 0 Å². The van der Waals surface area contributed by atoms with E-state index in [1.54, 1.807) is 19.0 Å². The van der Waals surface area contributed by atoms with Crippen molar-refractivity contribution in [1.82, 2.24) is 15.5 Å². The molecule has 0 fully saturated rings. The predicted octanol–water partition coefficient (Wildman–Crippen LogP) is 2.53. The molecule has 0 saturated heterocycles. The lowest BCUT2D eigenvalue weighted by Crippen LogP contribution is -2.41. The molecule has 1 aromatic carbocycles. The molecule has 4 nitrogen and oxygen atoms in total. The summed E-state index contributed by atoms with van der Waals surface area (Å²) in [4.78, 5) is 6.22. The van der Waals surface area contributed by atoms with E-state index < -0.39 is 17.7 Å². The van der Waals surface area contributed by atoms with E-state index in [2.05, 4.69) is 15.6 Å². The molecule has 0 aromatic heterocycles. The smallest absolute Gasteiger partial charge is 0.191 e. The molecule has 0 heterocycles. The van der Waals surface area contributed by atoms with Crippen LogP contribution in [0.4, 0.5) is 8.78 Å². The predicted molar refractivity (Wildman–Crippen MR) is 87.0 cm³/mol. The van der Waals surface area contributed by atoms with Crippen LogP contribution in [-0.2, 0) is 0 Å². The van der Waals surface area contributed by atoms with Gasteiger partial charge in [-0.2, -0.15) is 0 Å². The summed E-state index contributed by atoms with van der Waals surface area (Å²) in [6.45, 7) is 6.96. The lowest BCUT2D eigenvalue weighted by Gasteiger charge is -2.24. The first-order valence-corrected chi connectivity index (χ1v) is 7.52. The second-order valence-corrected chi connectivity index (χ2v) is 5.63. The van der Waals surface area contributed by atoms with Gasteiger partial charge >= 0.3 is 0 Å². The highest BCUT2D eigenvalue weighted by atomic mass is 19.1. The van der Waals surface area contributed by atoms with E-state index in [4.69, 9.17) is 0 Å². The Morgan fingerprint density at radius 3 is 2.27 bits per heavy atom. The van der Waals surface area contributed by atoms with Gasteiger partial charge in [0.25, 0.3) is 0 Å². The highest BCUT2D eigenvalue weighted by Crippen LogP contribution is 2.24. The lowest BCUT2D eigenvalue weighted by molar-refractivity contribution is 0.290. The summed E-state index contributed by atoms with van der Waals surface area (Å²) in [6.07, 6.45) is 0. The molecule has 0 amide bonds. The van der Waals surface area contributed by atoms with E-state index in [0.29, 0.717) is 5.96 Å². The third kappa shape index (κ3) is 5.26. The van der Waals surface area contributed by atoms with Crippen LogP contribution in [0.25, 0.3) is 0 Å². The minimum absolute atomic E-state index is 0.0524. The summed E-state index contributed by atoms with van der Waals surface area (Å²) in [6, 6.07) is 3.67. The van der Waals surface area contributed by atoms with Crippen molar-refractivity contribution in [3.63, 3.8) is 0 Å². The summed E-state index contributed by atoms with van der Waals surface area (Å²) in [5.74, 6) is -0.451. The quantitative estimate of drug-likeness (QED) is 0.626. The molecule has 1 aromatic rings. The summed E-state index contributed by atoms with van der Waals surface area (Å²) >= 11 is 0. The SMILES string of the molecule is CCNC(=NCC(c1c(F)cccc1F)N(C)C)NC(C)C. The molecule has 2 N–H and O–H groups in total. The highest BCUT2D eigenvalue weighted by Gasteiger charge is 2.22. The highest BCUT2D eigenvalue weighted by molar-refractivity contribution is 5.80. The number of nitrogens with zero attached hydrogens (tertiary/aromatic N) is 2. The first-order valence-electron chi connectivity index (χ1n) is 7.52. The Morgan fingerprint density at radius 2 is 1.82 bits per heavy atom. The largest absolute Gasteiger partial charge is 0.357 e. The fourth-order valence-electron chi connectivity index (χ4n) is 2.11. The van der Waals surface area contributed by atoms with Crippen molar-refractivity contribution in [2.45, 2.75) is 32.9 Å². The molecule has 1 unspecified atom stereocenters. The lowest BCUT2D eigenvalue weighted by atomic mass is 10.0. The Bertz CT molecular complexity index is 481. The van der Waals surface area contributed by atoms with Crippen LogP contribution in [0, 0.1) is 11.6 Å². The third-order valence-corrected chi connectivity index (χ3v) is 3.15. The molecule has 1 atom stereocenters. The molecule has 6 heteroatoms. The number of likely N-dealkylation sites (N-methyl/N-ethyl adjacent to an activating group) is 1. The molecule has 0 radical (unpaired) electrons. The van der Waals surface area contributed by atoms with Crippen LogP contribution in [-0.4, -0.2) is 44.1 Å². The molecule has 22 heavy (non-hydrogen) atoms. The number of guanidine groups is 1. The maximum Gasteiger partial charge on any atom is 0.191 e. The molecule has 0 aliphatic carbocycles. The zero-order chi connectivity index (χ0) is 16.7. The third-order valence-electron chi connectivity index (χ3n) is 3.15. The van der Waals surface area contributed by atoms with Gasteiger partial charge in [-0.05, 0) is 47.0 Å². The fourth-order valence-corrected chi connectivity index (χ4v) is 2.11. The Kier molecular flexibility index (Phi) is 7.24. The van der Waals surface area contributed by atoms with Crippen molar-refractivity contribution in [3.8, 4) is 0 Å². The zero-order valence-electron chi connectivity index (χ0n) is 14.0. The molecule has 124 valence electrons. The second kappa shape index (κ2) is 8.68. The fraction of sp³-hybridized carbons (Fsp3) is 0.562. The van der Waals surface area contributed by atoms with Crippen LogP contribution in [0.5, 0.6) is 0 Å². The standard InChI is InChI=1S/C16H26F2N4/c1-6-19-16(21-11(2)3)20-10-14(22(4)5)15-12(17)8-7-9-13(15)18/h7-9,11,14H,6,10H2,1-5H3,(H2,19,20,21). The van der Waals surface area contributed by atoms with Crippen LogP contribution >= 0.6 is 0 Å². The van der Waals surface area contributed by atoms with Gasteiger partial charge in [0.1, 0.15) is 11.6 Å². The normalized spacial score (nSPS) is 13.6. The summed E-state index contributed by atoms with van der Waals surface area (Å²) in [5.41, 5.74) is 0.0524. The maximum atomic E-state index is 14.0. The minimum Gasteiger partial charge on any atom is -0.357 e. The van der Waals surface area contributed by atoms with Crippen LogP contribution in [0.1, 0.15) is 32.4 Å². The molecule has 0 aliphatic heterocycles. The van der Waals surface area contributed by atoms with Gasteiger partial charge in [-0.3, -0.25) is 4.99 Å². The van der Waals surface area contributed by atoms with Gasteiger partial charge < -0.3 is 15.5 Å². The molecule has 0 saturated carbocycles. The van der Waals surface area contributed by atoms with Crippen molar-refractivity contribution < 1.29 is 8.78 Å². The van der Waals surface area contributed by atoms with Crippen molar-refractivity contribution in [3.05, 3.63) is 35.4 Å². The average Bonchev–Trinajstić information content (AvgIpc) is 2.41. The van der Waals surface area contributed by atoms with E-state index in [1.165, 1.54) is 18.2 Å². The molecule has 1 rings (SSSR count). The summed E-state index contributed by atoms with van der Waals surface area (Å²) in [7, 11) is 3.57. The van der Waals surface area contributed by atoms with Gasteiger partial charge in [-0.15, -0.1) is 0 Å². The Labute approximate surface area is 131 Å². The monoisotopic (exact) mass is 312 g/mol. The van der Waals surface area contributed by atoms with E-state index in [9.17, 15) is 8.78 Å². The topological polar surface area (TPSA) is 39.7 Å². The van der Waals surface area contributed by atoms with Crippen LogP contribution in [0.2, 0.25) is 0 Å². The summed E-state index contributed by atoms with van der Waals surface area (Å²) < 4.78 is 28.0. The van der Waals surface area contributed by atoms with Gasteiger partial charge in [0.15, 0.2) is 5.96 Å². The van der Waals surface area contributed by atoms with Crippen LogP contribution in [0.3, 0.4) is 0 Å². The number of hydrogen-bond acceptors (Lipinski definition) is 2. The molecular weight excluding hydrogens is 286 g/mol. The van der Waals surface area contributed by atoms with Crippen LogP contribution < -0.4 is 10.6 Å². The van der Waals surface area contributed by atoms with Gasteiger partial charge in [-0.25, -0.2) is 8.78 Å². The van der Waals surface area contributed by atoms with E-state index >= 15 is 0 Å². The van der Waals surface area contributed by atoms with Crippen LogP contribution in [0.15, 0.2) is 23.2 Å². The molecule has 0 spiro atoms. The second-order valence-electron chi connectivity index (χ2n) is 5.63. The van der Waals surface area contributed by atoms with E-state index in [-0.39, 0.29) is 18.2 Å². The zero-order valence-corrected chi connectivity index (χ0v) is 14.0. The van der Waals surface area contributed by atoms with Crippen molar-refractivity contribution >= 4 is 5.96 Å². The Balaban J connectivity index is 3.01. The number of nitrogens with one attached hydrogen (secondary N) is 2. The van der Waals surface area contributed by atoms with Crippen molar-refractivity contribution in [2.75, 3.05) is 27.2 Å². The number of benzene rings is 1. The number of halogens is 2. The van der Waals surface area contributed by atoms with Gasteiger partial charge in [-0.1, -0.05) is 6.07 Å². The number of hydrogen-bond donors (Lipinski definition) is 2. The Hall–Kier alpha value is -1.69. The first-order chi connectivity index (χ1) is 10.4. The summed E-state index contributed by atoms with van der Waals surface area (Å²) in [5, 5.41) is 6.31. The van der Waals surface area contributed by atoms with Gasteiger partial charge in [0.2, 0.25) is 0 Å². The minimum atomic E-state index is -0.546. The number of rotatable bonds is 6. The van der Waals surface area contributed by atoms with E-state index in [1.807, 2.05) is 20.8 Å². The average molecular weight is 312 g/mol. The molecule has 0 bridgehead atoms. The first kappa shape index (κ1) is 18.4. The van der Waals surface area contributed by atoms with E-state index in [0.717, 1.165) is 6.54 Å². The maximum absolute atomic E-state index is 14.0. The van der Waals surface area contributed by atoms with Gasteiger partial charge in [0.05, 0.1) is 12.6 Å². The Morgan fingerprint density at radius 1 is 1.23 bits per heavy atom. The molecule has 0 aliphatic rings. The van der Waals surface area contributed by atoms with Crippen molar-refractivity contribution in [2.24, 2.45) is 4.99 Å². The number of aliphatic imine (C=N–C) groups is 1.